The van der Waals surface area contributed by atoms with Crippen LogP contribution in [0.5, 0.6) is 5.75 Å². The lowest BCUT2D eigenvalue weighted by atomic mass is 9.79. The molecule has 2 rings (SSSR count). The van der Waals surface area contributed by atoms with Gasteiger partial charge in [-0.25, -0.2) is 0 Å². The lowest BCUT2D eigenvalue weighted by molar-refractivity contribution is -0.385. The van der Waals surface area contributed by atoms with Crippen LogP contribution in [0.2, 0.25) is 0 Å². The van der Waals surface area contributed by atoms with Crippen LogP contribution < -0.4 is 10.1 Å². The average molecular weight is 334 g/mol. The molecule has 6 nitrogen and oxygen atoms in total. The van der Waals surface area contributed by atoms with Crippen molar-refractivity contribution < 1.29 is 14.5 Å². The number of carbonyl (C=O) groups is 1. The van der Waals surface area contributed by atoms with Crippen LogP contribution in [0.4, 0.5) is 11.4 Å². The summed E-state index contributed by atoms with van der Waals surface area (Å²) < 4.78 is 4.97. The summed E-state index contributed by atoms with van der Waals surface area (Å²) in [6.45, 7) is 2.20. The van der Waals surface area contributed by atoms with E-state index in [-0.39, 0.29) is 23.3 Å². The second-order valence-corrected chi connectivity index (χ2v) is 6.49. The third-order valence-electron chi connectivity index (χ3n) is 4.83. The van der Waals surface area contributed by atoms with E-state index in [1.165, 1.54) is 38.5 Å². The highest BCUT2D eigenvalue weighted by molar-refractivity contribution is 5.93. The first-order valence-electron chi connectivity index (χ1n) is 8.68. The fourth-order valence-electron chi connectivity index (χ4n) is 3.36. The Morgan fingerprint density at radius 3 is 2.62 bits per heavy atom. The molecule has 24 heavy (non-hydrogen) atoms. The molecule has 0 radical (unpaired) electrons. The molecule has 0 saturated heterocycles. The minimum absolute atomic E-state index is 0.00374. The molecule has 0 unspecified atom stereocenters. The minimum Gasteiger partial charge on any atom is -0.490 e. The molecule has 1 aliphatic carbocycles. The van der Waals surface area contributed by atoms with Gasteiger partial charge in [-0.3, -0.25) is 14.9 Å². The molecule has 0 bridgehead atoms. The summed E-state index contributed by atoms with van der Waals surface area (Å²) in [4.78, 5) is 23.0. The topological polar surface area (TPSA) is 81.5 Å². The van der Waals surface area contributed by atoms with Gasteiger partial charge in [0.05, 0.1) is 12.0 Å². The molecule has 1 aromatic carbocycles. The molecule has 6 heteroatoms. The number of ether oxygens (including phenoxy) is 1. The number of nitro groups is 1. The number of unbranched alkanes of at least 4 members (excludes halogenated alkanes) is 1. The van der Waals surface area contributed by atoms with E-state index >= 15 is 0 Å². The van der Waals surface area contributed by atoms with Crippen molar-refractivity contribution in [3.63, 3.8) is 0 Å². The van der Waals surface area contributed by atoms with E-state index in [0.29, 0.717) is 5.69 Å². The summed E-state index contributed by atoms with van der Waals surface area (Å²) in [6.07, 6.45) is 7.74. The van der Waals surface area contributed by atoms with Gasteiger partial charge in [-0.05, 0) is 43.7 Å². The Bertz CT molecular complexity index is 580. The van der Waals surface area contributed by atoms with Gasteiger partial charge in [0.1, 0.15) is 0 Å². The number of benzene rings is 1. The smallest absolute Gasteiger partial charge is 0.312 e. The monoisotopic (exact) mass is 334 g/mol. The molecule has 1 fully saturated rings. The van der Waals surface area contributed by atoms with Crippen molar-refractivity contribution in [3.05, 3.63) is 28.3 Å². The maximum atomic E-state index is 12.4. The van der Waals surface area contributed by atoms with E-state index in [2.05, 4.69) is 12.2 Å². The standard InChI is InChI=1S/C18H26N2O4/c1-3-4-5-13-6-8-14(9-7-13)18(21)19-15-10-11-17(24-2)16(12-15)20(22)23/h10-14H,3-9H2,1-2H3,(H,19,21). The number of anilines is 1. The first-order chi connectivity index (χ1) is 11.5. The first-order valence-corrected chi connectivity index (χ1v) is 8.68. The zero-order valence-electron chi connectivity index (χ0n) is 14.4. The van der Waals surface area contributed by atoms with Crippen LogP contribution in [0.15, 0.2) is 18.2 Å². The first kappa shape index (κ1) is 18.2. The highest BCUT2D eigenvalue weighted by atomic mass is 16.6. The van der Waals surface area contributed by atoms with Crippen LogP contribution in [-0.2, 0) is 4.79 Å². The summed E-state index contributed by atoms with van der Waals surface area (Å²) >= 11 is 0. The molecular formula is C18H26N2O4. The second kappa shape index (κ2) is 8.66. The normalized spacial score (nSPS) is 20.4. The van der Waals surface area contributed by atoms with Crippen LogP contribution in [0.1, 0.15) is 51.9 Å². The third kappa shape index (κ3) is 4.69. The van der Waals surface area contributed by atoms with Crippen LogP contribution >= 0.6 is 0 Å². The minimum atomic E-state index is -0.507. The summed E-state index contributed by atoms with van der Waals surface area (Å²) in [5.41, 5.74) is 0.305. The van der Waals surface area contributed by atoms with Gasteiger partial charge in [-0.1, -0.05) is 26.2 Å². The van der Waals surface area contributed by atoms with E-state index in [0.717, 1.165) is 31.6 Å². The molecule has 1 aromatic rings. The number of carbonyl (C=O) groups excluding carboxylic acids is 1. The Kier molecular flexibility index (Phi) is 6.58. The quantitative estimate of drug-likeness (QED) is 0.586. The highest BCUT2D eigenvalue weighted by Crippen LogP contribution is 2.34. The Balaban J connectivity index is 1.93. The number of nitro benzene ring substituents is 1. The predicted octanol–water partition coefficient (Wildman–Crippen LogP) is 4.54. The summed E-state index contributed by atoms with van der Waals surface area (Å²) in [6, 6.07) is 4.50. The molecule has 1 aliphatic rings. The van der Waals surface area contributed by atoms with Gasteiger partial charge in [0.2, 0.25) is 5.91 Å². The van der Waals surface area contributed by atoms with Gasteiger partial charge >= 0.3 is 5.69 Å². The maximum Gasteiger partial charge on any atom is 0.312 e. The fraction of sp³-hybridized carbons (Fsp3) is 0.611. The number of rotatable bonds is 7. The molecule has 1 saturated carbocycles. The molecule has 0 spiro atoms. The highest BCUT2D eigenvalue weighted by Gasteiger charge is 2.26. The number of nitrogens with one attached hydrogen (secondary N) is 1. The lowest BCUT2D eigenvalue weighted by Gasteiger charge is -2.27. The Morgan fingerprint density at radius 1 is 1.33 bits per heavy atom. The third-order valence-corrected chi connectivity index (χ3v) is 4.83. The van der Waals surface area contributed by atoms with Crippen molar-refractivity contribution in [2.45, 2.75) is 51.9 Å². The number of amides is 1. The van der Waals surface area contributed by atoms with Gasteiger partial charge in [0.25, 0.3) is 0 Å². The lowest BCUT2D eigenvalue weighted by Crippen LogP contribution is -2.27. The van der Waals surface area contributed by atoms with Gasteiger partial charge in [-0.15, -0.1) is 0 Å². The molecule has 0 atom stereocenters. The average Bonchev–Trinajstić information content (AvgIpc) is 2.60. The van der Waals surface area contributed by atoms with E-state index in [1.54, 1.807) is 6.07 Å². The van der Waals surface area contributed by atoms with Crippen molar-refractivity contribution in [3.8, 4) is 5.75 Å². The Labute approximate surface area is 142 Å². The molecule has 0 heterocycles. The van der Waals surface area contributed by atoms with Crippen molar-refractivity contribution in [1.82, 2.24) is 0 Å². The number of hydrogen-bond acceptors (Lipinski definition) is 4. The van der Waals surface area contributed by atoms with Crippen molar-refractivity contribution in [1.29, 1.82) is 0 Å². The largest absolute Gasteiger partial charge is 0.490 e. The molecule has 1 amide bonds. The number of hydrogen-bond donors (Lipinski definition) is 1. The SMILES string of the molecule is CCCCC1CCC(C(=O)Nc2ccc(OC)c([N+](=O)[O-])c2)CC1. The number of nitrogens with zero attached hydrogens (tertiary/aromatic N) is 1. The molecular weight excluding hydrogens is 308 g/mol. The van der Waals surface area contributed by atoms with E-state index in [4.69, 9.17) is 4.74 Å². The Hall–Kier alpha value is -2.11. The summed E-state index contributed by atoms with van der Waals surface area (Å²) in [7, 11) is 1.39. The van der Waals surface area contributed by atoms with Gasteiger partial charge in [0.15, 0.2) is 5.75 Å². The zero-order chi connectivity index (χ0) is 17.5. The molecule has 0 aliphatic heterocycles. The fourth-order valence-corrected chi connectivity index (χ4v) is 3.36. The summed E-state index contributed by atoms with van der Waals surface area (Å²) in [5, 5.41) is 13.9. The molecule has 0 aromatic heterocycles. The second-order valence-electron chi connectivity index (χ2n) is 6.49. The molecule has 132 valence electrons. The van der Waals surface area contributed by atoms with Crippen molar-refractivity contribution >= 4 is 17.3 Å². The van der Waals surface area contributed by atoms with Crippen molar-refractivity contribution in [2.24, 2.45) is 11.8 Å². The van der Waals surface area contributed by atoms with Crippen LogP contribution in [-0.4, -0.2) is 17.9 Å². The van der Waals surface area contributed by atoms with E-state index in [9.17, 15) is 14.9 Å². The van der Waals surface area contributed by atoms with E-state index in [1.807, 2.05) is 0 Å². The Morgan fingerprint density at radius 2 is 2.04 bits per heavy atom. The van der Waals surface area contributed by atoms with Crippen molar-refractivity contribution in [2.75, 3.05) is 12.4 Å². The molecule has 1 N–H and O–H groups in total. The van der Waals surface area contributed by atoms with Crippen LogP contribution in [0.3, 0.4) is 0 Å². The van der Waals surface area contributed by atoms with Crippen LogP contribution in [0, 0.1) is 22.0 Å². The van der Waals surface area contributed by atoms with Gasteiger partial charge < -0.3 is 10.1 Å². The maximum absolute atomic E-state index is 12.4. The van der Waals surface area contributed by atoms with E-state index < -0.39 is 4.92 Å². The summed E-state index contributed by atoms with van der Waals surface area (Å²) in [5.74, 6) is 0.901. The van der Waals surface area contributed by atoms with Crippen LogP contribution in [0.25, 0.3) is 0 Å². The van der Waals surface area contributed by atoms with Gasteiger partial charge in [-0.2, -0.15) is 0 Å². The zero-order valence-corrected chi connectivity index (χ0v) is 14.4. The predicted molar refractivity (Wildman–Crippen MR) is 93.3 cm³/mol. The van der Waals surface area contributed by atoms with Gasteiger partial charge in [0, 0.05) is 17.7 Å². The number of methoxy groups -OCH3 is 1.